The van der Waals surface area contributed by atoms with Crippen LogP contribution in [0.3, 0.4) is 0 Å². The quantitative estimate of drug-likeness (QED) is 0.813. The van der Waals surface area contributed by atoms with Crippen LogP contribution in [-0.4, -0.2) is 62.4 Å². The lowest BCUT2D eigenvalue weighted by Gasteiger charge is -2.23. The number of benzene rings is 1. The first kappa shape index (κ1) is 17.9. The number of carbonyl (C=O) groups is 1. The summed E-state index contributed by atoms with van der Waals surface area (Å²) in [6.45, 7) is 1.58. The Kier molecular flexibility index (Phi) is 6.15. The Hall–Kier alpha value is -1.15. The smallest absolute Gasteiger partial charge is 0.318 e. The molecule has 0 heterocycles. The van der Waals surface area contributed by atoms with Crippen LogP contribution in [0.25, 0.3) is 0 Å². The number of carboxylic acid groups (broad SMARTS) is 1. The molecule has 0 saturated heterocycles. The van der Waals surface area contributed by atoms with Gasteiger partial charge in [0.05, 0.1) is 4.90 Å². The van der Waals surface area contributed by atoms with Crippen LogP contribution < -0.4 is 0 Å². The maximum Gasteiger partial charge on any atom is 0.318 e. The molecule has 0 aliphatic heterocycles. The summed E-state index contributed by atoms with van der Waals surface area (Å²) in [6.07, 6.45) is 0. The highest BCUT2D eigenvalue weighted by Gasteiger charge is 2.28. The normalized spacial score (nSPS) is 12.1. The molecule has 0 unspecified atom stereocenters. The SMILES string of the molecule is Cc1ccc(Cl)cc1S(=O)(=O)N(CCN(C)C)CC(=O)O. The minimum absolute atomic E-state index is 0.0370. The van der Waals surface area contributed by atoms with Crippen molar-refractivity contribution in [1.82, 2.24) is 9.21 Å². The van der Waals surface area contributed by atoms with Gasteiger partial charge in [0.15, 0.2) is 0 Å². The summed E-state index contributed by atoms with van der Waals surface area (Å²) in [4.78, 5) is 12.8. The maximum atomic E-state index is 12.6. The standard InChI is InChI=1S/C13H19ClN2O4S/c1-10-4-5-11(14)8-12(10)21(19,20)16(9-13(17)18)7-6-15(2)3/h4-5,8H,6-7,9H2,1-3H3,(H,17,18). The fourth-order valence-electron chi connectivity index (χ4n) is 1.74. The Labute approximate surface area is 130 Å². The number of nitrogens with zero attached hydrogens (tertiary/aromatic N) is 2. The van der Waals surface area contributed by atoms with Crippen molar-refractivity contribution in [2.24, 2.45) is 0 Å². The van der Waals surface area contributed by atoms with Crippen molar-refractivity contribution >= 4 is 27.6 Å². The van der Waals surface area contributed by atoms with E-state index in [2.05, 4.69) is 0 Å². The zero-order valence-electron chi connectivity index (χ0n) is 12.2. The van der Waals surface area contributed by atoms with Crippen LogP contribution in [-0.2, 0) is 14.8 Å². The zero-order valence-corrected chi connectivity index (χ0v) is 13.8. The van der Waals surface area contributed by atoms with Gasteiger partial charge in [-0.15, -0.1) is 0 Å². The van der Waals surface area contributed by atoms with Gasteiger partial charge in [0, 0.05) is 18.1 Å². The van der Waals surface area contributed by atoms with Crippen molar-refractivity contribution in [3.63, 3.8) is 0 Å². The number of halogens is 1. The van der Waals surface area contributed by atoms with E-state index in [4.69, 9.17) is 16.7 Å². The molecule has 0 bridgehead atoms. The molecule has 118 valence electrons. The second-order valence-corrected chi connectivity index (χ2v) is 7.29. The van der Waals surface area contributed by atoms with Crippen LogP contribution in [0.5, 0.6) is 0 Å². The van der Waals surface area contributed by atoms with Gasteiger partial charge in [0.25, 0.3) is 0 Å². The number of aryl methyl sites for hydroxylation is 1. The van der Waals surface area contributed by atoms with Crippen LogP contribution in [0.4, 0.5) is 0 Å². The van der Waals surface area contributed by atoms with Crippen LogP contribution in [0, 0.1) is 6.92 Å². The summed E-state index contributed by atoms with van der Waals surface area (Å²) in [5.41, 5.74) is 0.527. The molecule has 0 atom stereocenters. The molecule has 1 aromatic rings. The fraction of sp³-hybridized carbons (Fsp3) is 0.462. The first-order chi connectivity index (χ1) is 9.64. The van der Waals surface area contributed by atoms with Crippen molar-refractivity contribution in [2.75, 3.05) is 33.7 Å². The molecule has 8 heteroatoms. The van der Waals surface area contributed by atoms with E-state index >= 15 is 0 Å². The van der Waals surface area contributed by atoms with Gasteiger partial charge in [0.2, 0.25) is 10.0 Å². The lowest BCUT2D eigenvalue weighted by Crippen LogP contribution is -2.40. The van der Waals surface area contributed by atoms with E-state index in [1.54, 1.807) is 38.1 Å². The van der Waals surface area contributed by atoms with Gasteiger partial charge in [-0.3, -0.25) is 4.79 Å². The highest BCUT2D eigenvalue weighted by atomic mass is 35.5. The Balaban J connectivity index is 3.19. The summed E-state index contributed by atoms with van der Waals surface area (Å²) >= 11 is 5.85. The highest BCUT2D eigenvalue weighted by molar-refractivity contribution is 7.89. The van der Waals surface area contributed by atoms with Crippen LogP contribution >= 0.6 is 11.6 Å². The number of hydrogen-bond donors (Lipinski definition) is 1. The Bertz CT molecular complexity index is 617. The molecule has 0 aliphatic rings. The van der Waals surface area contributed by atoms with Gasteiger partial charge in [0.1, 0.15) is 6.54 Å². The molecule has 1 N–H and O–H groups in total. The molecule has 21 heavy (non-hydrogen) atoms. The minimum atomic E-state index is -3.90. The van der Waals surface area contributed by atoms with E-state index in [1.165, 1.54) is 6.07 Å². The fourth-order valence-corrected chi connectivity index (χ4v) is 3.61. The van der Waals surface area contributed by atoms with Crippen molar-refractivity contribution in [1.29, 1.82) is 0 Å². The summed E-state index contributed by atoms with van der Waals surface area (Å²) in [5.74, 6) is -1.20. The molecule has 0 radical (unpaired) electrons. The van der Waals surface area contributed by atoms with Crippen molar-refractivity contribution in [3.05, 3.63) is 28.8 Å². The monoisotopic (exact) mass is 334 g/mol. The summed E-state index contributed by atoms with van der Waals surface area (Å²) in [5, 5.41) is 9.23. The van der Waals surface area contributed by atoms with Crippen molar-refractivity contribution in [2.45, 2.75) is 11.8 Å². The lowest BCUT2D eigenvalue weighted by atomic mass is 10.2. The van der Waals surface area contributed by atoms with Crippen molar-refractivity contribution < 1.29 is 18.3 Å². The molecule has 0 amide bonds. The largest absolute Gasteiger partial charge is 0.480 e. The van der Waals surface area contributed by atoms with Gasteiger partial charge < -0.3 is 10.0 Å². The third kappa shape index (κ3) is 4.96. The highest BCUT2D eigenvalue weighted by Crippen LogP contribution is 2.23. The number of aliphatic carboxylic acids is 1. The Morgan fingerprint density at radius 1 is 1.29 bits per heavy atom. The van der Waals surface area contributed by atoms with E-state index in [1.807, 2.05) is 0 Å². The molecular formula is C13H19ClN2O4S. The van der Waals surface area contributed by atoms with Crippen LogP contribution in [0.2, 0.25) is 5.02 Å². The zero-order chi connectivity index (χ0) is 16.2. The number of carboxylic acids is 1. The molecule has 0 fully saturated rings. The summed E-state index contributed by atoms with van der Waals surface area (Å²) in [7, 11) is -0.328. The lowest BCUT2D eigenvalue weighted by molar-refractivity contribution is -0.137. The number of rotatable bonds is 7. The Morgan fingerprint density at radius 3 is 2.43 bits per heavy atom. The predicted molar refractivity (Wildman–Crippen MR) is 81.1 cm³/mol. The first-order valence-corrected chi connectivity index (χ1v) is 8.09. The maximum absolute atomic E-state index is 12.6. The molecule has 6 nitrogen and oxygen atoms in total. The van der Waals surface area contributed by atoms with Gasteiger partial charge in [-0.2, -0.15) is 4.31 Å². The van der Waals surface area contributed by atoms with Gasteiger partial charge in [-0.05, 0) is 38.7 Å². The molecule has 0 saturated carbocycles. The predicted octanol–water partition coefficient (Wildman–Crippen LogP) is 1.29. The van der Waals surface area contributed by atoms with E-state index in [0.29, 0.717) is 17.1 Å². The average molecular weight is 335 g/mol. The van der Waals surface area contributed by atoms with E-state index < -0.39 is 22.5 Å². The number of likely N-dealkylation sites (N-methyl/N-ethyl adjacent to an activating group) is 1. The van der Waals surface area contributed by atoms with E-state index in [9.17, 15) is 13.2 Å². The minimum Gasteiger partial charge on any atom is -0.480 e. The second-order valence-electron chi connectivity index (χ2n) is 4.95. The topological polar surface area (TPSA) is 77.9 Å². The van der Waals surface area contributed by atoms with E-state index in [0.717, 1.165) is 4.31 Å². The number of hydrogen-bond acceptors (Lipinski definition) is 4. The van der Waals surface area contributed by atoms with Crippen LogP contribution in [0.15, 0.2) is 23.1 Å². The van der Waals surface area contributed by atoms with E-state index in [-0.39, 0.29) is 11.4 Å². The molecule has 1 aromatic carbocycles. The van der Waals surface area contributed by atoms with Gasteiger partial charge >= 0.3 is 5.97 Å². The molecule has 0 aliphatic carbocycles. The number of sulfonamides is 1. The van der Waals surface area contributed by atoms with Crippen molar-refractivity contribution in [3.8, 4) is 0 Å². The van der Waals surface area contributed by atoms with Gasteiger partial charge in [-0.25, -0.2) is 8.42 Å². The summed E-state index contributed by atoms with van der Waals surface area (Å²) < 4.78 is 26.2. The Morgan fingerprint density at radius 2 is 1.90 bits per heavy atom. The molecule has 1 rings (SSSR count). The van der Waals surface area contributed by atoms with Crippen LogP contribution in [0.1, 0.15) is 5.56 Å². The molecule has 0 spiro atoms. The second kappa shape index (κ2) is 7.22. The first-order valence-electron chi connectivity index (χ1n) is 6.27. The third-order valence-electron chi connectivity index (χ3n) is 2.88. The third-order valence-corrected chi connectivity index (χ3v) is 5.10. The molecular weight excluding hydrogens is 316 g/mol. The van der Waals surface area contributed by atoms with Gasteiger partial charge in [-0.1, -0.05) is 17.7 Å². The average Bonchev–Trinajstić information content (AvgIpc) is 2.36. The summed E-state index contributed by atoms with van der Waals surface area (Å²) in [6, 6.07) is 4.54. The molecule has 0 aromatic heterocycles.